The minimum absolute atomic E-state index is 0.244. The summed E-state index contributed by atoms with van der Waals surface area (Å²) < 4.78 is 37.2. The average Bonchev–Trinajstić information content (AvgIpc) is 1.92. The Morgan fingerprint density at radius 2 is 2.15 bits per heavy atom. The van der Waals surface area contributed by atoms with Crippen LogP contribution in [0.3, 0.4) is 0 Å². The van der Waals surface area contributed by atoms with Gasteiger partial charge >= 0.3 is 10.2 Å². The molecular formula is C7H10FNO3S. The van der Waals surface area contributed by atoms with Crippen LogP contribution < -0.4 is 0 Å². The lowest BCUT2D eigenvalue weighted by Gasteiger charge is -2.34. The highest BCUT2D eigenvalue weighted by Crippen LogP contribution is 2.34. The smallest absolute Gasteiger partial charge is 0.304 e. The standard InChI is InChI=1S/C7H10FNO3S/c8-13(10,11)5-4-12-7(6-9)2-1-3-7/h1-5H2. The van der Waals surface area contributed by atoms with Crippen molar-refractivity contribution in [3.05, 3.63) is 0 Å². The van der Waals surface area contributed by atoms with Crippen molar-refractivity contribution in [3.8, 4) is 6.07 Å². The van der Waals surface area contributed by atoms with E-state index in [0.29, 0.717) is 12.8 Å². The lowest BCUT2D eigenvalue weighted by molar-refractivity contribution is -0.0490. The van der Waals surface area contributed by atoms with E-state index in [1.165, 1.54) is 0 Å². The van der Waals surface area contributed by atoms with Gasteiger partial charge in [-0.2, -0.15) is 13.7 Å². The van der Waals surface area contributed by atoms with E-state index in [0.717, 1.165) is 6.42 Å². The molecule has 0 aromatic carbocycles. The van der Waals surface area contributed by atoms with Crippen LogP contribution >= 0.6 is 0 Å². The predicted octanol–water partition coefficient (Wildman–Crippen LogP) is 0.749. The van der Waals surface area contributed by atoms with E-state index in [-0.39, 0.29) is 6.61 Å². The Bertz CT molecular complexity index is 315. The molecule has 0 bridgehead atoms. The Morgan fingerprint density at radius 1 is 1.54 bits per heavy atom. The van der Waals surface area contributed by atoms with Crippen LogP contribution in [-0.2, 0) is 15.0 Å². The third kappa shape index (κ3) is 2.94. The second kappa shape index (κ2) is 3.60. The third-order valence-electron chi connectivity index (χ3n) is 2.07. The van der Waals surface area contributed by atoms with Crippen molar-refractivity contribution < 1.29 is 17.0 Å². The molecule has 4 nitrogen and oxygen atoms in total. The molecule has 0 aromatic rings. The highest BCUT2D eigenvalue weighted by Gasteiger charge is 2.38. The van der Waals surface area contributed by atoms with Crippen LogP contribution in [0.25, 0.3) is 0 Å². The van der Waals surface area contributed by atoms with Crippen LogP contribution in [0.1, 0.15) is 19.3 Å². The zero-order valence-electron chi connectivity index (χ0n) is 6.99. The van der Waals surface area contributed by atoms with Crippen molar-refractivity contribution in [2.75, 3.05) is 12.4 Å². The van der Waals surface area contributed by atoms with Crippen LogP contribution in [0.4, 0.5) is 3.89 Å². The first-order valence-corrected chi connectivity index (χ1v) is 5.50. The Morgan fingerprint density at radius 3 is 2.46 bits per heavy atom. The molecule has 74 valence electrons. The van der Waals surface area contributed by atoms with Gasteiger partial charge in [0.25, 0.3) is 0 Å². The van der Waals surface area contributed by atoms with Crippen molar-refractivity contribution in [2.45, 2.75) is 24.9 Å². The van der Waals surface area contributed by atoms with E-state index in [1.807, 2.05) is 6.07 Å². The maximum absolute atomic E-state index is 12.0. The van der Waals surface area contributed by atoms with Crippen molar-refractivity contribution in [1.82, 2.24) is 0 Å². The van der Waals surface area contributed by atoms with Crippen LogP contribution in [0, 0.1) is 11.3 Å². The summed E-state index contributed by atoms with van der Waals surface area (Å²) in [6.07, 6.45) is 2.11. The largest absolute Gasteiger partial charge is 0.359 e. The fraction of sp³-hybridized carbons (Fsp3) is 0.857. The molecule has 0 heterocycles. The zero-order chi connectivity index (χ0) is 9.95. The quantitative estimate of drug-likeness (QED) is 0.638. The van der Waals surface area contributed by atoms with Gasteiger partial charge in [-0.1, -0.05) is 0 Å². The van der Waals surface area contributed by atoms with Gasteiger partial charge in [-0.25, -0.2) is 0 Å². The fourth-order valence-electron chi connectivity index (χ4n) is 1.12. The molecule has 0 radical (unpaired) electrons. The van der Waals surface area contributed by atoms with Crippen molar-refractivity contribution in [3.63, 3.8) is 0 Å². The Balaban J connectivity index is 2.31. The first-order valence-electron chi connectivity index (χ1n) is 3.95. The second-order valence-electron chi connectivity index (χ2n) is 3.05. The van der Waals surface area contributed by atoms with Gasteiger partial charge < -0.3 is 4.74 Å². The first-order chi connectivity index (χ1) is 5.97. The van der Waals surface area contributed by atoms with Gasteiger partial charge in [-0.05, 0) is 19.3 Å². The summed E-state index contributed by atoms with van der Waals surface area (Å²) in [6.45, 7) is -0.244. The van der Waals surface area contributed by atoms with E-state index >= 15 is 0 Å². The van der Waals surface area contributed by atoms with Crippen LogP contribution in [0.2, 0.25) is 0 Å². The van der Waals surface area contributed by atoms with Gasteiger partial charge in [-0.15, -0.1) is 3.89 Å². The maximum Gasteiger partial charge on any atom is 0.304 e. The molecule has 1 fully saturated rings. The number of halogens is 1. The highest BCUT2D eigenvalue weighted by molar-refractivity contribution is 7.86. The molecule has 0 amide bonds. The SMILES string of the molecule is N#CC1(OCCS(=O)(=O)F)CCC1. The van der Waals surface area contributed by atoms with E-state index in [4.69, 9.17) is 10.00 Å². The number of nitrogens with zero attached hydrogens (tertiary/aromatic N) is 1. The molecular weight excluding hydrogens is 197 g/mol. The van der Waals surface area contributed by atoms with E-state index in [2.05, 4.69) is 0 Å². The lowest BCUT2D eigenvalue weighted by Crippen LogP contribution is -2.39. The number of hydrogen-bond acceptors (Lipinski definition) is 4. The molecule has 13 heavy (non-hydrogen) atoms. The predicted molar refractivity (Wildman–Crippen MR) is 43.0 cm³/mol. The number of nitriles is 1. The van der Waals surface area contributed by atoms with Crippen molar-refractivity contribution in [2.24, 2.45) is 0 Å². The number of rotatable bonds is 4. The minimum atomic E-state index is -4.47. The van der Waals surface area contributed by atoms with Crippen LogP contribution in [0.5, 0.6) is 0 Å². The zero-order valence-corrected chi connectivity index (χ0v) is 7.81. The van der Waals surface area contributed by atoms with Crippen LogP contribution in [-0.4, -0.2) is 26.4 Å². The summed E-state index contributed by atoms with van der Waals surface area (Å²) in [4.78, 5) is 0. The Kier molecular flexibility index (Phi) is 2.88. The number of ether oxygens (including phenoxy) is 1. The highest BCUT2D eigenvalue weighted by atomic mass is 32.3. The van der Waals surface area contributed by atoms with Gasteiger partial charge in [0, 0.05) is 0 Å². The molecule has 0 saturated heterocycles. The molecule has 6 heteroatoms. The molecule has 0 atom stereocenters. The van der Waals surface area contributed by atoms with Gasteiger partial charge in [0.15, 0.2) is 5.60 Å². The van der Waals surface area contributed by atoms with E-state index < -0.39 is 21.6 Å². The monoisotopic (exact) mass is 207 g/mol. The third-order valence-corrected chi connectivity index (χ3v) is 2.72. The average molecular weight is 207 g/mol. The van der Waals surface area contributed by atoms with Crippen molar-refractivity contribution >= 4 is 10.2 Å². The molecule has 1 aliphatic carbocycles. The summed E-state index contributed by atoms with van der Waals surface area (Å²) in [7, 11) is -4.47. The van der Waals surface area contributed by atoms with Gasteiger partial charge in [0.1, 0.15) is 5.75 Å². The normalized spacial score (nSPS) is 20.3. The van der Waals surface area contributed by atoms with E-state index in [9.17, 15) is 12.3 Å². The van der Waals surface area contributed by atoms with Crippen molar-refractivity contribution in [1.29, 1.82) is 5.26 Å². The lowest BCUT2D eigenvalue weighted by atomic mass is 9.81. The molecule has 0 unspecified atom stereocenters. The Labute approximate surface area is 76.5 Å². The van der Waals surface area contributed by atoms with Gasteiger partial charge in [0.05, 0.1) is 12.7 Å². The number of hydrogen-bond donors (Lipinski definition) is 0. The summed E-state index contributed by atoms with van der Waals surface area (Å²) in [5.74, 6) is -0.670. The minimum Gasteiger partial charge on any atom is -0.359 e. The molecule has 1 rings (SSSR count). The topological polar surface area (TPSA) is 67.2 Å². The summed E-state index contributed by atoms with van der Waals surface area (Å²) in [5.41, 5.74) is -0.843. The van der Waals surface area contributed by atoms with E-state index in [1.54, 1.807) is 0 Å². The second-order valence-corrected chi connectivity index (χ2v) is 4.54. The van der Waals surface area contributed by atoms with Gasteiger partial charge in [-0.3, -0.25) is 0 Å². The molecule has 1 saturated carbocycles. The summed E-state index contributed by atoms with van der Waals surface area (Å²) in [6, 6.07) is 1.96. The first kappa shape index (κ1) is 10.4. The van der Waals surface area contributed by atoms with Crippen LogP contribution in [0.15, 0.2) is 0 Å². The molecule has 1 aliphatic rings. The molecule has 0 aromatic heterocycles. The Hall–Kier alpha value is -0.670. The summed E-state index contributed by atoms with van der Waals surface area (Å²) >= 11 is 0. The fourth-order valence-corrected chi connectivity index (χ4v) is 1.41. The maximum atomic E-state index is 12.0. The van der Waals surface area contributed by atoms with Gasteiger partial charge in [0.2, 0.25) is 0 Å². The molecule has 0 N–H and O–H groups in total. The summed E-state index contributed by atoms with van der Waals surface area (Å²) in [5, 5.41) is 8.65. The molecule has 0 aliphatic heterocycles. The molecule has 0 spiro atoms.